The number of nitrogens with one attached hydrogen (secondary N) is 1. The lowest BCUT2D eigenvalue weighted by atomic mass is 10.2. The van der Waals surface area contributed by atoms with Gasteiger partial charge in [-0.3, -0.25) is 4.90 Å². The summed E-state index contributed by atoms with van der Waals surface area (Å²) in [6.07, 6.45) is 0.685. The minimum atomic E-state index is -3.84. The van der Waals surface area contributed by atoms with E-state index in [1.165, 1.54) is 35.7 Å². The van der Waals surface area contributed by atoms with Gasteiger partial charge in [0.25, 0.3) is 0 Å². The summed E-state index contributed by atoms with van der Waals surface area (Å²) in [5.41, 5.74) is 0.571. The molecule has 0 amide bonds. The largest absolute Gasteiger partial charge is 0.495 e. The van der Waals surface area contributed by atoms with Crippen LogP contribution in [0.15, 0.2) is 52.3 Å². The van der Waals surface area contributed by atoms with Gasteiger partial charge in [-0.1, -0.05) is 6.07 Å². The van der Waals surface area contributed by atoms with E-state index in [-0.39, 0.29) is 22.9 Å². The second-order valence-electron chi connectivity index (χ2n) is 8.89. The number of methoxy groups -OCH3 is 1. The van der Waals surface area contributed by atoms with E-state index < -0.39 is 25.9 Å². The molecule has 37 heavy (non-hydrogen) atoms. The molecule has 0 aromatic heterocycles. The van der Waals surface area contributed by atoms with Gasteiger partial charge >= 0.3 is 0 Å². The first-order valence-corrected chi connectivity index (χ1v) is 15.1. The molecule has 0 atom stereocenters. The molecule has 4 rings (SSSR count). The molecule has 0 aliphatic carbocycles. The van der Waals surface area contributed by atoms with Crippen molar-refractivity contribution in [3.63, 3.8) is 0 Å². The SMILES string of the molecule is COc1ccc(S(=O)(=O)NCCCN2CCOCC2)cc1N1CCN(S(=O)(=O)c2cccc(F)c2)CC1. The average Bonchev–Trinajstić information content (AvgIpc) is 2.91. The van der Waals surface area contributed by atoms with E-state index in [2.05, 4.69) is 9.62 Å². The van der Waals surface area contributed by atoms with Crippen LogP contribution in [-0.2, 0) is 24.8 Å². The maximum atomic E-state index is 13.6. The minimum Gasteiger partial charge on any atom is -0.495 e. The molecule has 2 aromatic rings. The number of morpholine rings is 1. The zero-order valence-electron chi connectivity index (χ0n) is 20.8. The second-order valence-corrected chi connectivity index (χ2v) is 12.6. The maximum absolute atomic E-state index is 13.6. The number of halogens is 1. The zero-order chi connectivity index (χ0) is 26.5. The highest BCUT2D eigenvalue weighted by atomic mass is 32.2. The van der Waals surface area contributed by atoms with Crippen LogP contribution in [0.5, 0.6) is 5.75 Å². The molecule has 2 fully saturated rings. The lowest BCUT2D eigenvalue weighted by Crippen LogP contribution is -2.48. The van der Waals surface area contributed by atoms with Crippen molar-refractivity contribution in [2.24, 2.45) is 0 Å². The highest BCUT2D eigenvalue weighted by Gasteiger charge is 2.30. The Balaban J connectivity index is 1.40. The molecule has 204 valence electrons. The lowest BCUT2D eigenvalue weighted by molar-refractivity contribution is 0.0376. The number of piperazine rings is 1. The van der Waals surface area contributed by atoms with Crippen LogP contribution in [0.25, 0.3) is 0 Å². The number of benzene rings is 2. The summed E-state index contributed by atoms with van der Waals surface area (Å²) in [6, 6.07) is 9.60. The van der Waals surface area contributed by atoms with Gasteiger partial charge in [-0.25, -0.2) is 25.9 Å². The van der Waals surface area contributed by atoms with Crippen molar-refractivity contribution in [1.82, 2.24) is 13.9 Å². The fraction of sp³-hybridized carbons (Fsp3) is 0.500. The van der Waals surface area contributed by atoms with Crippen LogP contribution in [-0.4, -0.2) is 98.7 Å². The predicted molar refractivity (Wildman–Crippen MR) is 137 cm³/mol. The van der Waals surface area contributed by atoms with E-state index in [0.29, 0.717) is 50.7 Å². The molecule has 0 spiro atoms. The number of anilines is 1. The third-order valence-electron chi connectivity index (χ3n) is 6.52. The Kier molecular flexibility index (Phi) is 9.03. The van der Waals surface area contributed by atoms with Crippen molar-refractivity contribution >= 4 is 25.7 Å². The first-order valence-electron chi connectivity index (χ1n) is 12.2. The van der Waals surface area contributed by atoms with Gasteiger partial charge in [0.15, 0.2) is 0 Å². The third-order valence-corrected chi connectivity index (χ3v) is 9.87. The molecule has 2 aliphatic heterocycles. The van der Waals surface area contributed by atoms with Gasteiger partial charge in [-0.15, -0.1) is 0 Å². The zero-order valence-corrected chi connectivity index (χ0v) is 22.4. The highest BCUT2D eigenvalue weighted by molar-refractivity contribution is 7.89. The second kappa shape index (κ2) is 12.0. The van der Waals surface area contributed by atoms with Gasteiger partial charge in [0.05, 0.1) is 35.8 Å². The van der Waals surface area contributed by atoms with Crippen molar-refractivity contribution in [3.8, 4) is 5.75 Å². The van der Waals surface area contributed by atoms with Crippen molar-refractivity contribution in [2.45, 2.75) is 16.2 Å². The van der Waals surface area contributed by atoms with Gasteiger partial charge in [0, 0.05) is 45.8 Å². The third kappa shape index (κ3) is 6.78. The molecule has 2 heterocycles. The van der Waals surface area contributed by atoms with Crippen LogP contribution >= 0.6 is 0 Å². The summed E-state index contributed by atoms with van der Waals surface area (Å²) >= 11 is 0. The van der Waals surface area contributed by atoms with Crippen LogP contribution in [0, 0.1) is 5.82 Å². The molecule has 0 radical (unpaired) electrons. The van der Waals surface area contributed by atoms with Crippen LogP contribution in [0.2, 0.25) is 0 Å². The first kappa shape index (κ1) is 27.7. The van der Waals surface area contributed by atoms with Crippen LogP contribution in [0.4, 0.5) is 10.1 Å². The van der Waals surface area contributed by atoms with Crippen molar-refractivity contribution in [3.05, 3.63) is 48.3 Å². The Morgan fingerprint density at radius 2 is 1.68 bits per heavy atom. The lowest BCUT2D eigenvalue weighted by Gasteiger charge is -2.36. The molecule has 13 heteroatoms. The summed E-state index contributed by atoms with van der Waals surface area (Å²) in [5.74, 6) is -0.120. The minimum absolute atomic E-state index is 0.0914. The maximum Gasteiger partial charge on any atom is 0.243 e. The fourth-order valence-electron chi connectivity index (χ4n) is 4.45. The summed E-state index contributed by atoms with van der Waals surface area (Å²) in [5, 5.41) is 0. The van der Waals surface area contributed by atoms with Gasteiger partial charge < -0.3 is 14.4 Å². The van der Waals surface area contributed by atoms with Gasteiger partial charge in [0.2, 0.25) is 20.0 Å². The Hall–Kier alpha value is -2.29. The number of sulfonamides is 2. The summed E-state index contributed by atoms with van der Waals surface area (Å²) in [7, 11) is -6.08. The Morgan fingerprint density at radius 3 is 2.35 bits per heavy atom. The molecule has 0 saturated carbocycles. The number of ether oxygens (including phenoxy) is 2. The van der Waals surface area contributed by atoms with Crippen LogP contribution < -0.4 is 14.4 Å². The van der Waals surface area contributed by atoms with Crippen molar-refractivity contribution in [2.75, 3.05) is 77.6 Å². The van der Waals surface area contributed by atoms with Gasteiger partial charge in [-0.05, 0) is 49.4 Å². The monoisotopic (exact) mass is 556 g/mol. The topological polar surface area (TPSA) is 108 Å². The van der Waals surface area contributed by atoms with E-state index >= 15 is 0 Å². The molecule has 2 aromatic carbocycles. The van der Waals surface area contributed by atoms with E-state index in [0.717, 1.165) is 25.7 Å². The molecular weight excluding hydrogens is 523 g/mol. The molecule has 2 saturated heterocycles. The quantitative estimate of drug-likeness (QED) is 0.437. The normalized spacial score (nSPS) is 18.2. The highest BCUT2D eigenvalue weighted by Crippen LogP contribution is 2.32. The molecular formula is C24H33FN4O6S2. The van der Waals surface area contributed by atoms with Gasteiger partial charge in [-0.2, -0.15) is 4.31 Å². The smallest absolute Gasteiger partial charge is 0.243 e. The van der Waals surface area contributed by atoms with E-state index in [1.54, 1.807) is 12.1 Å². The molecule has 10 nitrogen and oxygen atoms in total. The first-order chi connectivity index (χ1) is 17.7. The molecule has 2 aliphatic rings. The Labute approximate surface area is 218 Å². The summed E-state index contributed by atoms with van der Waals surface area (Å²) < 4.78 is 80.2. The fourth-order valence-corrected chi connectivity index (χ4v) is 7.00. The Morgan fingerprint density at radius 1 is 0.946 bits per heavy atom. The van der Waals surface area contributed by atoms with Crippen LogP contribution in [0.1, 0.15) is 6.42 Å². The van der Waals surface area contributed by atoms with Crippen LogP contribution in [0.3, 0.4) is 0 Å². The molecule has 0 bridgehead atoms. The number of rotatable bonds is 10. The Bertz CT molecular complexity index is 1280. The predicted octanol–water partition coefficient (Wildman–Crippen LogP) is 1.35. The number of hydrogen-bond donors (Lipinski definition) is 1. The van der Waals surface area contributed by atoms with Crippen molar-refractivity contribution in [1.29, 1.82) is 0 Å². The van der Waals surface area contributed by atoms with E-state index in [4.69, 9.17) is 9.47 Å². The average molecular weight is 557 g/mol. The van der Waals surface area contributed by atoms with E-state index in [1.807, 2.05) is 4.90 Å². The standard InChI is InChI=1S/C24H33FN4O6S2/c1-34-24-7-6-21(36(30,31)26-8-3-9-27-14-16-35-17-15-27)19-23(24)28-10-12-29(13-11-28)37(32,33)22-5-2-4-20(25)18-22/h2,4-7,18-19,26H,3,8-17H2,1H3. The molecule has 0 unspecified atom stereocenters. The summed E-state index contributed by atoms with van der Waals surface area (Å²) in [6.45, 7) is 5.19. The summed E-state index contributed by atoms with van der Waals surface area (Å²) in [4.78, 5) is 4.17. The van der Waals surface area contributed by atoms with Gasteiger partial charge in [0.1, 0.15) is 11.6 Å². The van der Waals surface area contributed by atoms with Crippen molar-refractivity contribution < 1.29 is 30.7 Å². The number of hydrogen-bond acceptors (Lipinski definition) is 8. The van der Waals surface area contributed by atoms with E-state index in [9.17, 15) is 21.2 Å². The molecule has 1 N–H and O–H groups in total. The number of nitrogens with zero attached hydrogens (tertiary/aromatic N) is 3.